The molecule has 1 aliphatic heterocycles. The molecule has 0 saturated carbocycles. The molecule has 8 nitrogen and oxygen atoms in total. The second kappa shape index (κ2) is 10.6. The number of anilines is 2. The summed E-state index contributed by atoms with van der Waals surface area (Å²) in [6, 6.07) is 23.3. The van der Waals surface area contributed by atoms with Crippen LogP contribution in [0.4, 0.5) is 16.2 Å². The van der Waals surface area contributed by atoms with E-state index >= 15 is 0 Å². The molecular weight excluding hydrogens is 444 g/mol. The molecule has 0 fully saturated rings. The van der Waals surface area contributed by atoms with Gasteiger partial charge in [-0.1, -0.05) is 60.7 Å². The number of ether oxygens (including phenoxy) is 1. The minimum Gasteiger partial charge on any atom is -0.465 e. The Morgan fingerprint density at radius 2 is 1.74 bits per heavy atom. The zero-order valence-corrected chi connectivity index (χ0v) is 19.5. The van der Waals surface area contributed by atoms with Gasteiger partial charge in [-0.05, 0) is 37.6 Å². The van der Waals surface area contributed by atoms with Crippen molar-refractivity contribution in [2.24, 2.45) is 4.99 Å². The molecule has 0 bridgehead atoms. The van der Waals surface area contributed by atoms with Crippen LogP contribution in [0.5, 0.6) is 0 Å². The minimum atomic E-state index is -1.27. The number of aliphatic imine (C=N–C) groups is 1. The Labute approximate surface area is 203 Å². The van der Waals surface area contributed by atoms with Crippen LogP contribution < -0.4 is 15.5 Å². The van der Waals surface area contributed by atoms with Gasteiger partial charge in [0.15, 0.2) is 0 Å². The Bertz CT molecular complexity index is 1270. The van der Waals surface area contributed by atoms with Gasteiger partial charge in [-0.2, -0.15) is 0 Å². The summed E-state index contributed by atoms with van der Waals surface area (Å²) >= 11 is 0. The number of hydrogen-bond donors (Lipinski definition) is 2. The normalized spacial score (nSPS) is 14.9. The van der Waals surface area contributed by atoms with E-state index in [1.54, 1.807) is 25.1 Å². The molecule has 3 aromatic rings. The van der Waals surface area contributed by atoms with Crippen LogP contribution in [0.3, 0.4) is 0 Å². The van der Waals surface area contributed by atoms with Gasteiger partial charge < -0.3 is 15.4 Å². The van der Waals surface area contributed by atoms with Crippen LogP contribution in [-0.2, 0) is 14.3 Å². The summed E-state index contributed by atoms with van der Waals surface area (Å²) in [5.74, 6) is -1.10. The van der Waals surface area contributed by atoms with Gasteiger partial charge in [-0.15, -0.1) is 0 Å². The lowest BCUT2D eigenvalue weighted by Crippen LogP contribution is -2.50. The quantitative estimate of drug-likeness (QED) is 0.534. The van der Waals surface area contributed by atoms with Crippen molar-refractivity contribution in [2.75, 3.05) is 23.4 Å². The number of aryl methyl sites for hydroxylation is 1. The zero-order chi connectivity index (χ0) is 24.8. The van der Waals surface area contributed by atoms with Gasteiger partial charge in [-0.25, -0.2) is 9.79 Å². The van der Waals surface area contributed by atoms with Gasteiger partial charge in [0.25, 0.3) is 5.91 Å². The average molecular weight is 471 g/mol. The minimum absolute atomic E-state index is 0.189. The first-order valence-electron chi connectivity index (χ1n) is 11.3. The summed E-state index contributed by atoms with van der Waals surface area (Å²) in [6.45, 7) is 3.50. The van der Waals surface area contributed by atoms with Crippen molar-refractivity contribution in [1.82, 2.24) is 5.32 Å². The van der Waals surface area contributed by atoms with Crippen LogP contribution in [0.1, 0.15) is 23.6 Å². The molecular formula is C27H26N4O4. The van der Waals surface area contributed by atoms with Crippen molar-refractivity contribution < 1.29 is 19.1 Å². The molecule has 3 aromatic carbocycles. The largest absolute Gasteiger partial charge is 0.465 e. The fraction of sp³-hybridized carbons (Fsp3) is 0.185. The van der Waals surface area contributed by atoms with Crippen LogP contribution >= 0.6 is 0 Å². The summed E-state index contributed by atoms with van der Waals surface area (Å²) in [5, 5.41) is 5.41. The molecule has 3 amide bonds. The van der Waals surface area contributed by atoms with Gasteiger partial charge in [0.05, 0.1) is 18.0 Å². The number of benzene rings is 3. The van der Waals surface area contributed by atoms with Crippen molar-refractivity contribution in [2.45, 2.75) is 20.0 Å². The van der Waals surface area contributed by atoms with Crippen molar-refractivity contribution in [3.8, 4) is 0 Å². The van der Waals surface area contributed by atoms with E-state index in [1.807, 2.05) is 67.6 Å². The maximum Gasteiger partial charge on any atom is 0.326 e. The molecule has 4 rings (SSSR count). The number of amides is 3. The van der Waals surface area contributed by atoms with E-state index < -0.39 is 24.1 Å². The number of esters is 1. The van der Waals surface area contributed by atoms with Crippen molar-refractivity contribution in [1.29, 1.82) is 0 Å². The van der Waals surface area contributed by atoms with Crippen LogP contribution in [0, 0.1) is 6.92 Å². The molecule has 1 aliphatic rings. The number of urea groups is 1. The Kier molecular flexibility index (Phi) is 7.21. The molecule has 2 N–H and O–H groups in total. The Morgan fingerprint density at radius 1 is 1.00 bits per heavy atom. The van der Waals surface area contributed by atoms with Crippen LogP contribution in [-0.4, -0.2) is 42.9 Å². The number of rotatable bonds is 6. The number of hydrogen-bond acceptors (Lipinski definition) is 5. The number of fused-ring (bicyclic) bond motifs is 1. The van der Waals surface area contributed by atoms with Gasteiger partial charge in [-0.3, -0.25) is 14.5 Å². The number of nitrogens with one attached hydrogen (secondary N) is 2. The van der Waals surface area contributed by atoms with E-state index in [-0.39, 0.29) is 13.2 Å². The highest BCUT2D eigenvalue weighted by molar-refractivity contribution is 6.20. The summed E-state index contributed by atoms with van der Waals surface area (Å²) < 4.78 is 5.10. The first-order valence-corrected chi connectivity index (χ1v) is 11.3. The first-order chi connectivity index (χ1) is 17.0. The lowest BCUT2D eigenvalue weighted by atomic mass is 10.0. The number of nitrogens with zero attached hydrogens (tertiary/aromatic N) is 2. The third-order valence-corrected chi connectivity index (χ3v) is 5.39. The summed E-state index contributed by atoms with van der Waals surface area (Å²) in [5.41, 5.74) is 4.05. The third-order valence-electron chi connectivity index (χ3n) is 5.39. The maximum atomic E-state index is 13.6. The number of carbonyl (C=O) groups is 3. The molecule has 178 valence electrons. The summed E-state index contributed by atoms with van der Waals surface area (Å²) in [7, 11) is 0. The lowest BCUT2D eigenvalue weighted by Gasteiger charge is -2.24. The molecule has 0 aliphatic carbocycles. The highest BCUT2D eigenvalue weighted by Crippen LogP contribution is 2.28. The third kappa shape index (κ3) is 5.55. The molecule has 8 heteroatoms. The zero-order valence-electron chi connectivity index (χ0n) is 19.5. The number of para-hydroxylation sites is 1. The standard InChI is InChI=1S/C27H26N4O4/c1-3-35-23(32)17-31-22-15-8-7-14-21(22)24(19-11-5-4-6-12-19)29-25(26(31)33)30-27(34)28-20-13-9-10-18(2)16-20/h4-16,25H,3,17H2,1-2H3,(H2,28,30,34)/t25-/m0/s1. The fourth-order valence-electron chi connectivity index (χ4n) is 3.86. The van der Waals surface area contributed by atoms with Crippen molar-refractivity contribution in [3.05, 3.63) is 95.6 Å². The summed E-state index contributed by atoms with van der Waals surface area (Å²) in [6.07, 6.45) is -1.27. The van der Waals surface area contributed by atoms with E-state index in [1.165, 1.54) is 4.90 Å². The fourth-order valence-corrected chi connectivity index (χ4v) is 3.86. The highest BCUT2D eigenvalue weighted by atomic mass is 16.5. The predicted octanol–water partition coefficient (Wildman–Crippen LogP) is 3.89. The molecule has 35 heavy (non-hydrogen) atoms. The Morgan fingerprint density at radius 3 is 2.49 bits per heavy atom. The second-order valence-electron chi connectivity index (χ2n) is 7.96. The van der Waals surface area contributed by atoms with Crippen LogP contribution in [0.2, 0.25) is 0 Å². The Balaban J connectivity index is 1.73. The first kappa shape index (κ1) is 23.7. The number of benzodiazepines with no additional fused rings is 1. The maximum absolute atomic E-state index is 13.6. The van der Waals surface area contributed by atoms with Crippen LogP contribution in [0.15, 0.2) is 83.9 Å². The van der Waals surface area contributed by atoms with E-state index in [0.717, 1.165) is 11.1 Å². The molecule has 1 atom stereocenters. The molecule has 0 spiro atoms. The summed E-state index contributed by atoms with van der Waals surface area (Å²) in [4.78, 5) is 44.8. The van der Waals surface area contributed by atoms with Crippen LogP contribution in [0.25, 0.3) is 0 Å². The second-order valence-corrected chi connectivity index (χ2v) is 7.96. The molecule has 0 radical (unpaired) electrons. The molecule has 0 aromatic heterocycles. The molecule has 1 heterocycles. The van der Waals surface area contributed by atoms with E-state index in [2.05, 4.69) is 15.6 Å². The lowest BCUT2D eigenvalue weighted by molar-refractivity contribution is -0.142. The van der Waals surface area contributed by atoms with E-state index in [4.69, 9.17) is 4.74 Å². The highest BCUT2D eigenvalue weighted by Gasteiger charge is 2.34. The Hall–Kier alpha value is -4.46. The van der Waals surface area contributed by atoms with Gasteiger partial charge in [0.1, 0.15) is 6.54 Å². The van der Waals surface area contributed by atoms with Gasteiger partial charge in [0, 0.05) is 16.8 Å². The van der Waals surface area contributed by atoms with Gasteiger partial charge in [0.2, 0.25) is 6.17 Å². The predicted molar refractivity (Wildman–Crippen MR) is 135 cm³/mol. The van der Waals surface area contributed by atoms with Gasteiger partial charge >= 0.3 is 12.0 Å². The SMILES string of the molecule is CCOC(=O)CN1C(=O)[C@H](NC(=O)Nc2cccc(C)c2)N=C(c2ccccc2)c2ccccc21. The van der Waals surface area contributed by atoms with E-state index in [0.29, 0.717) is 22.6 Å². The van der Waals surface area contributed by atoms with Crippen molar-refractivity contribution >= 4 is 35.0 Å². The molecule has 0 saturated heterocycles. The van der Waals surface area contributed by atoms with E-state index in [9.17, 15) is 14.4 Å². The number of carbonyl (C=O) groups excluding carboxylic acids is 3. The monoisotopic (exact) mass is 470 g/mol. The topological polar surface area (TPSA) is 100 Å². The van der Waals surface area contributed by atoms with Crippen molar-refractivity contribution in [3.63, 3.8) is 0 Å². The average Bonchev–Trinajstić information content (AvgIpc) is 2.95. The molecule has 0 unspecified atom stereocenters. The smallest absolute Gasteiger partial charge is 0.326 e.